The van der Waals surface area contributed by atoms with E-state index in [0.29, 0.717) is 5.82 Å². The molecule has 1 rings (SSSR count). The molecule has 0 aliphatic carbocycles. The van der Waals surface area contributed by atoms with Gasteiger partial charge in [0.05, 0.1) is 0 Å². The lowest BCUT2D eigenvalue weighted by Gasteiger charge is -2.17. The van der Waals surface area contributed by atoms with Gasteiger partial charge in [0.25, 0.3) is 5.91 Å². The Bertz CT molecular complexity index is 438. The SMILES string of the molecule is CC(NC(=O)c1n[nH]c(C(C)C)n1)C(=O)N(C)C. The molecule has 0 spiro atoms. The number of rotatable bonds is 4. The molecule has 7 heteroatoms. The summed E-state index contributed by atoms with van der Waals surface area (Å²) in [6, 6.07) is -0.603. The van der Waals surface area contributed by atoms with E-state index in [2.05, 4.69) is 20.5 Å². The van der Waals surface area contributed by atoms with Crippen LogP contribution in [0.2, 0.25) is 0 Å². The summed E-state index contributed by atoms with van der Waals surface area (Å²) in [4.78, 5) is 28.9. The monoisotopic (exact) mass is 253 g/mol. The molecule has 1 unspecified atom stereocenters. The molecule has 2 amide bonds. The predicted molar refractivity (Wildman–Crippen MR) is 66.1 cm³/mol. The molecule has 7 nitrogen and oxygen atoms in total. The molecule has 0 saturated carbocycles. The van der Waals surface area contributed by atoms with Crippen LogP contribution >= 0.6 is 0 Å². The molecule has 0 saturated heterocycles. The van der Waals surface area contributed by atoms with Gasteiger partial charge in [-0.2, -0.15) is 0 Å². The zero-order chi connectivity index (χ0) is 13.9. The molecule has 100 valence electrons. The van der Waals surface area contributed by atoms with E-state index in [9.17, 15) is 9.59 Å². The van der Waals surface area contributed by atoms with Gasteiger partial charge in [0.2, 0.25) is 11.7 Å². The summed E-state index contributed by atoms with van der Waals surface area (Å²) in [6.45, 7) is 5.51. The summed E-state index contributed by atoms with van der Waals surface area (Å²) >= 11 is 0. The highest BCUT2D eigenvalue weighted by atomic mass is 16.2. The second-order valence-corrected chi connectivity index (χ2v) is 4.63. The van der Waals surface area contributed by atoms with Crippen LogP contribution in [-0.2, 0) is 4.79 Å². The summed E-state index contributed by atoms with van der Waals surface area (Å²) in [6.07, 6.45) is 0. The highest BCUT2D eigenvalue weighted by Crippen LogP contribution is 2.07. The number of aromatic nitrogens is 3. The third-order valence-electron chi connectivity index (χ3n) is 2.41. The van der Waals surface area contributed by atoms with Crippen molar-refractivity contribution in [2.45, 2.75) is 32.7 Å². The Labute approximate surface area is 106 Å². The Morgan fingerprint density at radius 1 is 1.28 bits per heavy atom. The van der Waals surface area contributed by atoms with Gasteiger partial charge in [-0.3, -0.25) is 14.7 Å². The minimum Gasteiger partial charge on any atom is -0.347 e. The van der Waals surface area contributed by atoms with E-state index in [4.69, 9.17) is 0 Å². The lowest BCUT2D eigenvalue weighted by Crippen LogP contribution is -2.44. The highest BCUT2D eigenvalue weighted by Gasteiger charge is 2.20. The molecule has 1 aromatic heterocycles. The van der Waals surface area contributed by atoms with Crippen molar-refractivity contribution < 1.29 is 9.59 Å². The number of carbonyl (C=O) groups is 2. The Morgan fingerprint density at radius 2 is 1.89 bits per heavy atom. The summed E-state index contributed by atoms with van der Waals surface area (Å²) in [5.41, 5.74) is 0. The smallest absolute Gasteiger partial charge is 0.291 e. The summed E-state index contributed by atoms with van der Waals surface area (Å²) < 4.78 is 0. The molecule has 1 aromatic rings. The highest BCUT2D eigenvalue weighted by molar-refractivity contribution is 5.94. The van der Waals surface area contributed by atoms with E-state index in [-0.39, 0.29) is 17.6 Å². The van der Waals surface area contributed by atoms with Crippen molar-refractivity contribution in [1.82, 2.24) is 25.4 Å². The van der Waals surface area contributed by atoms with Crippen molar-refractivity contribution in [3.8, 4) is 0 Å². The van der Waals surface area contributed by atoms with Crippen LogP contribution in [0.15, 0.2) is 0 Å². The van der Waals surface area contributed by atoms with E-state index in [1.54, 1.807) is 21.0 Å². The van der Waals surface area contributed by atoms with Gasteiger partial charge in [-0.15, -0.1) is 5.10 Å². The van der Waals surface area contributed by atoms with Crippen molar-refractivity contribution in [1.29, 1.82) is 0 Å². The standard InChI is InChI=1S/C11H19N5O2/c1-6(2)8-13-9(15-14-8)10(17)12-7(3)11(18)16(4)5/h6-7H,1-5H3,(H,12,17)(H,13,14,15). The van der Waals surface area contributed by atoms with Gasteiger partial charge in [0.1, 0.15) is 11.9 Å². The summed E-state index contributed by atoms with van der Waals surface area (Å²) in [5, 5.41) is 9.07. The maximum atomic E-state index is 11.8. The Hall–Kier alpha value is -1.92. The van der Waals surface area contributed by atoms with E-state index in [1.165, 1.54) is 4.90 Å². The average Bonchev–Trinajstić information content (AvgIpc) is 2.76. The van der Waals surface area contributed by atoms with Gasteiger partial charge in [-0.05, 0) is 6.92 Å². The number of carbonyl (C=O) groups excluding carboxylic acids is 2. The van der Waals surface area contributed by atoms with E-state index in [1.807, 2.05) is 13.8 Å². The van der Waals surface area contributed by atoms with E-state index >= 15 is 0 Å². The first-order chi connectivity index (χ1) is 8.32. The van der Waals surface area contributed by atoms with Crippen molar-refractivity contribution in [3.63, 3.8) is 0 Å². The zero-order valence-corrected chi connectivity index (χ0v) is 11.3. The van der Waals surface area contributed by atoms with Crippen LogP contribution in [-0.4, -0.2) is 52.0 Å². The summed E-state index contributed by atoms with van der Waals surface area (Å²) in [7, 11) is 3.27. The van der Waals surface area contributed by atoms with E-state index in [0.717, 1.165) is 0 Å². The number of nitrogens with zero attached hydrogens (tertiary/aromatic N) is 3. The van der Waals surface area contributed by atoms with Crippen LogP contribution in [0, 0.1) is 0 Å². The second-order valence-electron chi connectivity index (χ2n) is 4.63. The van der Waals surface area contributed by atoms with Gasteiger partial charge in [-0.1, -0.05) is 13.8 Å². The van der Waals surface area contributed by atoms with Crippen molar-refractivity contribution >= 4 is 11.8 Å². The lowest BCUT2D eigenvalue weighted by molar-refractivity contribution is -0.130. The average molecular weight is 253 g/mol. The van der Waals surface area contributed by atoms with Crippen LogP contribution in [0.5, 0.6) is 0 Å². The fourth-order valence-corrected chi connectivity index (χ4v) is 1.34. The van der Waals surface area contributed by atoms with Crippen molar-refractivity contribution in [3.05, 3.63) is 11.6 Å². The van der Waals surface area contributed by atoms with Crippen LogP contribution in [0.3, 0.4) is 0 Å². The van der Waals surface area contributed by atoms with Gasteiger partial charge in [0.15, 0.2) is 0 Å². The number of hydrogen-bond acceptors (Lipinski definition) is 4. The lowest BCUT2D eigenvalue weighted by atomic mass is 10.2. The van der Waals surface area contributed by atoms with E-state index < -0.39 is 11.9 Å². The van der Waals surface area contributed by atoms with Gasteiger partial charge in [0, 0.05) is 20.0 Å². The maximum absolute atomic E-state index is 11.8. The largest absolute Gasteiger partial charge is 0.347 e. The van der Waals surface area contributed by atoms with Crippen molar-refractivity contribution in [2.24, 2.45) is 0 Å². The molecule has 1 atom stereocenters. The molecule has 2 N–H and O–H groups in total. The second kappa shape index (κ2) is 5.61. The molecule has 0 bridgehead atoms. The van der Waals surface area contributed by atoms with Crippen LogP contribution < -0.4 is 5.32 Å². The fourth-order valence-electron chi connectivity index (χ4n) is 1.34. The number of aromatic amines is 1. The van der Waals surface area contributed by atoms with Gasteiger partial charge >= 0.3 is 0 Å². The first-order valence-corrected chi connectivity index (χ1v) is 5.77. The first kappa shape index (κ1) is 14.1. The third-order valence-corrected chi connectivity index (χ3v) is 2.41. The Morgan fingerprint density at radius 3 is 2.33 bits per heavy atom. The maximum Gasteiger partial charge on any atom is 0.291 e. The Balaban J connectivity index is 2.67. The van der Waals surface area contributed by atoms with Crippen molar-refractivity contribution in [2.75, 3.05) is 14.1 Å². The predicted octanol–water partition coefficient (Wildman–Crippen LogP) is 0.135. The number of amides is 2. The topological polar surface area (TPSA) is 91.0 Å². The molecule has 0 aliphatic heterocycles. The molecule has 0 aliphatic rings. The molecular weight excluding hydrogens is 234 g/mol. The molecule has 1 heterocycles. The molecule has 18 heavy (non-hydrogen) atoms. The number of hydrogen-bond donors (Lipinski definition) is 2. The normalized spacial score (nSPS) is 12.3. The fraction of sp³-hybridized carbons (Fsp3) is 0.636. The number of likely N-dealkylation sites (N-methyl/N-ethyl adjacent to an activating group) is 1. The summed E-state index contributed by atoms with van der Waals surface area (Å²) in [5.74, 6) is 0.229. The number of nitrogens with one attached hydrogen (secondary N) is 2. The molecule has 0 radical (unpaired) electrons. The van der Waals surface area contributed by atoms with Gasteiger partial charge < -0.3 is 10.2 Å². The Kier molecular flexibility index (Phi) is 4.41. The van der Waals surface area contributed by atoms with Gasteiger partial charge in [-0.25, -0.2) is 4.98 Å². The minimum atomic E-state index is -0.603. The quantitative estimate of drug-likeness (QED) is 0.798. The molecular formula is C11H19N5O2. The molecule has 0 fully saturated rings. The minimum absolute atomic E-state index is 0.0529. The zero-order valence-electron chi connectivity index (χ0n) is 11.3. The van der Waals surface area contributed by atoms with Crippen LogP contribution in [0.25, 0.3) is 0 Å². The number of H-pyrrole nitrogens is 1. The molecule has 0 aromatic carbocycles. The third kappa shape index (κ3) is 3.28. The van der Waals surface area contributed by atoms with Crippen LogP contribution in [0.1, 0.15) is 43.1 Å². The first-order valence-electron chi connectivity index (χ1n) is 5.77. The van der Waals surface area contributed by atoms with Crippen LogP contribution in [0.4, 0.5) is 0 Å².